The van der Waals surface area contributed by atoms with E-state index in [0.29, 0.717) is 39.5 Å². The summed E-state index contributed by atoms with van der Waals surface area (Å²) in [5.41, 5.74) is 0.442. The van der Waals surface area contributed by atoms with Crippen molar-refractivity contribution in [2.45, 2.75) is 135 Å². The molecule has 0 spiro atoms. The molecule has 2 N–H and O–H groups in total. The number of carbonyl (C=O) groups excluding carboxylic acids is 5. The van der Waals surface area contributed by atoms with E-state index in [0.717, 1.165) is 30.8 Å². The maximum Gasteiger partial charge on any atom is 0.264 e. The number of fused-ring (bicyclic) bond motifs is 1. The highest BCUT2D eigenvalue weighted by atomic mass is 16.5. The summed E-state index contributed by atoms with van der Waals surface area (Å²) in [4.78, 5) is 63.5. The summed E-state index contributed by atoms with van der Waals surface area (Å²) in [5.74, 6) is -2.63. The van der Waals surface area contributed by atoms with Crippen LogP contribution in [0, 0.1) is 0 Å². The third-order valence-corrected chi connectivity index (χ3v) is 9.07. The Hall–Kier alpha value is -3.15. The molecule has 1 unspecified atom stereocenters. The molecule has 11 nitrogen and oxygen atoms in total. The molecule has 11 heteroatoms. The predicted octanol–water partition coefficient (Wildman–Crippen LogP) is 6.73. The van der Waals surface area contributed by atoms with Gasteiger partial charge in [-0.1, -0.05) is 96.5 Å². The summed E-state index contributed by atoms with van der Waals surface area (Å²) in [6.07, 6.45) is 20.1. The quantitative estimate of drug-likeness (QED) is 0.0731. The summed E-state index contributed by atoms with van der Waals surface area (Å²) in [7, 11) is 0. The molecular formula is C38H59N3O8. The fraction of sp³-hybridized carbons (Fsp3) is 0.711. The molecule has 0 aliphatic carbocycles. The fourth-order valence-electron chi connectivity index (χ4n) is 6.26. The minimum absolute atomic E-state index is 0.0429. The van der Waals surface area contributed by atoms with Gasteiger partial charge in [0.15, 0.2) is 0 Å². The second kappa shape index (κ2) is 24.1. The van der Waals surface area contributed by atoms with Gasteiger partial charge in [0, 0.05) is 26.1 Å². The van der Waals surface area contributed by atoms with E-state index in [1.165, 1.54) is 83.1 Å². The zero-order chi connectivity index (χ0) is 35.1. The molecule has 2 heterocycles. The number of hydrogen-bond acceptors (Lipinski definition) is 8. The number of rotatable bonds is 28. The maximum atomic E-state index is 13.2. The summed E-state index contributed by atoms with van der Waals surface area (Å²) in [6, 6.07) is 3.60. The van der Waals surface area contributed by atoms with Crippen LogP contribution in [0.5, 0.6) is 0 Å². The van der Waals surface area contributed by atoms with Crippen molar-refractivity contribution in [3.05, 3.63) is 29.3 Å². The standard InChI is InChI=1S/C38H59N3O8/c1-2-3-4-5-6-7-8-9-10-11-12-13-16-24-47-26-28-49-29-27-48-25-17-14-15-21-33(42)39-31-20-18-19-30-35(31)38(46)41(37(30)45)32-22-23-34(43)40-36(32)44/h18-20,32H,2-17,21-29H2,1H3,(H,39,42)(H,40,43,44). The Kier molecular flexibility index (Phi) is 19.8. The SMILES string of the molecule is CCCCCCCCCCCCCCCOCCOCCOCCCCCC(=O)Nc1cccc2c1C(=O)N(C1CCC(=O)NC1=O)C2=O. The molecule has 0 radical (unpaired) electrons. The summed E-state index contributed by atoms with van der Waals surface area (Å²) in [6.45, 7) is 5.85. The van der Waals surface area contributed by atoms with Crippen LogP contribution in [-0.2, 0) is 28.6 Å². The van der Waals surface area contributed by atoms with E-state index in [9.17, 15) is 24.0 Å². The van der Waals surface area contributed by atoms with Gasteiger partial charge in [0.05, 0.1) is 43.2 Å². The van der Waals surface area contributed by atoms with Gasteiger partial charge in [-0.25, -0.2) is 0 Å². The first-order chi connectivity index (χ1) is 23.9. The monoisotopic (exact) mass is 685 g/mol. The molecule has 3 rings (SSSR count). The van der Waals surface area contributed by atoms with Crippen molar-refractivity contribution in [2.24, 2.45) is 0 Å². The number of amides is 5. The van der Waals surface area contributed by atoms with Crippen LogP contribution < -0.4 is 10.6 Å². The van der Waals surface area contributed by atoms with Crippen LogP contribution in [0.15, 0.2) is 18.2 Å². The number of carbonyl (C=O) groups is 5. The van der Waals surface area contributed by atoms with Crippen molar-refractivity contribution in [1.29, 1.82) is 0 Å². The van der Waals surface area contributed by atoms with Crippen molar-refractivity contribution in [1.82, 2.24) is 10.2 Å². The molecule has 1 saturated heterocycles. The number of benzene rings is 1. The molecule has 2 aliphatic rings. The zero-order valence-corrected chi connectivity index (χ0v) is 29.7. The maximum absolute atomic E-state index is 13.2. The Labute approximate surface area is 292 Å². The van der Waals surface area contributed by atoms with Gasteiger partial charge in [0.2, 0.25) is 17.7 Å². The first kappa shape index (κ1) is 40.3. The molecule has 274 valence electrons. The number of nitrogens with one attached hydrogen (secondary N) is 2. The van der Waals surface area contributed by atoms with Crippen molar-refractivity contribution in [3.63, 3.8) is 0 Å². The van der Waals surface area contributed by atoms with Crippen LogP contribution in [0.25, 0.3) is 0 Å². The first-order valence-electron chi connectivity index (χ1n) is 18.8. The Morgan fingerprint density at radius 2 is 1.24 bits per heavy atom. The minimum Gasteiger partial charge on any atom is -0.379 e. The third kappa shape index (κ3) is 14.7. The highest BCUT2D eigenvalue weighted by Crippen LogP contribution is 2.32. The number of piperidine rings is 1. The van der Waals surface area contributed by atoms with Crippen molar-refractivity contribution in [3.8, 4) is 0 Å². The number of nitrogens with zero attached hydrogens (tertiary/aromatic N) is 1. The van der Waals surface area contributed by atoms with Gasteiger partial charge in [-0.2, -0.15) is 0 Å². The Morgan fingerprint density at radius 1 is 0.714 bits per heavy atom. The Morgan fingerprint density at radius 3 is 1.82 bits per heavy atom. The summed E-state index contributed by atoms with van der Waals surface area (Å²) < 4.78 is 16.9. The average molecular weight is 686 g/mol. The van der Waals surface area contributed by atoms with Crippen molar-refractivity contribution >= 4 is 35.2 Å². The lowest BCUT2D eigenvalue weighted by atomic mass is 10.0. The van der Waals surface area contributed by atoms with Crippen LogP contribution in [0.1, 0.15) is 150 Å². The highest BCUT2D eigenvalue weighted by Gasteiger charge is 2.45. The van der Waals surface area contributed by atoms with E-state index in [-0.39, 0.29) is 42.0 Å². The van der Waals surface area contributed by atoms with Gasteiger partial charge in [-0.05, 0) is 37.8 Å². The van der Waals surface area contributed by atoms with E-state index in [4.69, 9.17) is 14.2 Å². The van der Waals surface area contributed by atoms with Crippen LogP contribution in [-0.4, -0.2) is 80.1 Å². The van der Waals surface area contributed by atoms with Crippen LogP contribution >= 0.6 is 0 Å². The second-order valence-corrected chi connectivity index (χ2v) is 13.1. The van der Waals surface area contributed by atoms with Crippen LogP contribution in [0.3, 0.4) is 0 Å². The average Bonchev–Trinajstić information content (AvgIpc) is 3.34. The third-order valence-electron chi connectivity index (χ3n) is 9.07. The molecule has 0 bridgehead atoms. The highest BCUT2D eigenvalue weighted by molar-refractivity contribution is 6.26. The topological polar surface area (TPSA) is 140 Å². The number of hydrogen-bond donors (Lipinski definition) is 2. The van der Waals surface area contributed by atoms with Crippen LogP contribution in [0.4, 0.5) is 5.69 Å². The lowest BCUT2D eigenvalue weighted by Crippen LogP contribution is -2.54. The molecule has 1 atom stereocenters. The summed E-state index contributed by atoms with van der Waals surface area (Å²) >= 11 is 0. The van der Waals surface area contributed by atoms with Gasteiger partial charge < -0.3 is 19.5 Å². The molecule has 1 aromatic carbocycles. The summed E-state index contributed by atoms with van der Waals surface area (Å²) in [5, 5.41) is 4.93. The van der Waals surface area contributed by atoms with E-state index in [1.807, 2.05) is 0 Å². The van der Waals surface area contributed by atoms with Gasteiger partial charge in [0.1, 0.15) is 6.04 Å². The second-order valence-electron chi connectivity index (χ2n) is 13.1. The molecule has 5 amide bonds. The minimum atomic E-state index is -1.06. The first-order valence-corrected chi connectivity index (χ1v) is 18.8. The van der Waals surface area contributed by atoms with E-state index < -0.39 is 29.7 Å². The number of anilines is 1. The molecule has 1 fully saturated rings. The molecule has 0 saturated carbocycles. The molecule has 1 aromatic rings. The molecule has 0 aromatic heterocycles. The van der Waals surface area contributed by atoms with Gasteiger partial charge in [-0.15, -0.1) is 0 Å². The van der Waals surface area contributed by atoms with Crippen LogP contribution in [0.2, 0.25) is 0 Å². The zero-order valence-electron chi connectivity index (χ0n) is 29.7. The number of imide groups is 2. The normalized spacial score (nSPS) is 15.9. The Balaban J connectivity index is 1.11. The van der Waals surface area contributed by atoms with Gasteiger partial charge in [-0.3, -0.25) is 34.2 Å². The van der Waals surface area contributed by atoms with Crippen molar-refractivity contribution < 1.29 is 38.2 Å². The largest absolute Gasteiger partial charge is 0.379 e. The van der Waals surface area contributed by atoms with E-state index in [1.54, 1.807) is 12.1 Å². The number of ether oxygens (including phenoxy) is 3. The molecular weight excluding hydrogens is 626 g/mol. The Bertz CT molecular complexity index is 1190. The van der Waals surface area contributed by atoms with Crippen molar-refractivity contribution in [2.75, 3.05) is 45.0 Å². The molecule has 2 aliphatic heterocycles. The smallest absolute Gasteiger partial charge is 0.264 e. The lowest BCUT2D eigenvalue weighted by molar-refractivity contribution is -0.136. The van der Waals surface area contributed by atoms with E-state index in [2.05, 4.69) is 17.6 Å². The van der Waals surface area contributed by atoms with Gasteiger partial charge >= 0.3 is 0 Å². The fourth-order valence-corrected chi connectivity index (χ4v) is 6.26. The number of unbranched alkanes of at least 4 members (excludes halogenated alkanes) is 14. The van der Waals surface area contributed by atoms with E-state index >= 15 is 0 Å². The lowest BCUT2D eigenvalue weighted by Gasteiger charge is -2.27. The van der Waals surface area contributed by atoms with Gasteiger partial charge in [0.25, 0.3) is 11.8 Å². The molecule has 49 heavy (non-hydrogen) atoms. The predicted molar refractivity (Wildman–Crippen MR) is 188 cm³/mol.